The third-order valence-corrected chi connectivity index (χ3v) is 19.3. The largest absolute Gasteiger partial charge is 0.504 e. The van der Waals surface area contributed by atoms with Crippen LogP contribution in [0.4, 0.5) is 0 Å². The highest BCUT2D eigenvalue weighted by Gasteiger charge is 2.58. The van der Waals surface area contributed by atoms with E-state index in [-0.39, 0.29) is 18.2 Å². The number of esters is 9. The number of benzene rings is 9. The number of aromatic hydroxyl groups is 27. The summed E-state index contributed by atoms with van der Waals surface area (Å²) in [5, 5.41) is 310. The van der Waals surface area contributed by atoms with Gasteiger partial charge in [0.25, 0.3) is 0 Å². The van der Waals surface area contributed by atoms with Gasteiger partial charge in [-0.2, -0.15) is 0 Å². The van der Waals surface area contributed by atoms with Gasteiger partial charge in [0.15, 0.2) is 157 Å². The molecule has 0 aromatic heterocycles. The van der Waals surface area contributed by atoms with E-state index in [1.165, 1.54) is 0 Å². The summed E-state index contributed by atoms with van der Waals surface area (Å²) >= 11 is 0. The molecule has 4 heterocycles. The molecule has 2 bridgehead atoms. The SMILES string of the molecule is O=C(O[C@@H]1O[C@H](COC(=O)c2cc(O)c(O)c(O)c2[C@@H]2c3c(O)c(O)c(O)c4c3C(=O)O[C@H]2[C@@H]([C@H]2OC(=O)c3cc(O)c(O)c(O)c3-c3c(cc(O)c(O)c3O)C(=O)OC[C@H]2O)OC(=O)c2cc(O)c(O)c(O)c2-4)[C@@H](OC(=O)c2cc(O)c(O)c(O)c2)[C@H](OC(=O)c2cc(O)c(O)c(O)c2)[C@H]1OC(=O)c1cc(O)c(O)c(O)c1)c1cc(O)c(O)c(O)c1. The molecule has 1 fully saturated rings. The Labute approximate surface area is 670 Å². The third-order valence-electron chi connectivity index (χ3n) is 19.3. The van der Waals surface area contributed by atoms with Crippen molar-refractivity contribution in [2.75, 3.05) is 13.2 Å². The van der Waals surface area contributed by atoms with Gasteiger partial charge in [0.05, 0.1) is 56.0 Å². The van der Waals surface area contributed by atoms with E-state index in [1.807, 2.05) is 0 Å². The maximum atomic E-state index is 15.8. The van der Waals surface area contributed by atoms with Crippen LogP contribution in [0.25, 0.3) is 22.3 Å². The maximum Gasteiger partial charge on any atom is 0.340 e. The summed E-state index contributed by atoms with van der Waals surface area (Å²) in [6.07, 6.45) is -27.2. The highest BCUT2D eigenvalue weighted by molar-refractivity contribution is 6.12. The Morgan fingerprint density at radius 1 is 0.303 bits per heavy atom. The van der Waals surface area contributed by atoms with E-state index >= 15 is 19.2 Å². The summed E-state index contributed by atoms with van der Waals surface area (Å²) < 4.78 is 57.1. The average molecular weight is 1710 g/mol. The fourth-order valence-corrected chi connectivity index (χ4v) is 13.6. The molecule has 1 saturated heterocycles. The smallest absolute Gasteiger partial charge is 0.340 e. The topological polar surface area (TPSA) is 812 Å². The Morgan fingerprint density at radius 3 is 1.06 bits per heavy atom. The van der Waals surface area contributed by atoms with Gasteiger partial charge in [-0.05, 0) is 72.8 Å². The van der Waals surface area contributed by atoms with Crippen molar-refractivity contribution in [1.82, 2.24) is 0 Å². The van der Waals surface area contributed by atoms with Gasteiger partial charge < -0.3 is 190 Å². The second-order valence-corrected chi connectivity index (χ2v) is 26.7. The molecule has 4 aliphatic heterocycles. The van der Waals surface area contributed by atoms with Crippen LogP contribution in [-0.4, -0.2) is 265 Å². The number of hydrogen-bond acceptors (Lipinski definition) is 47. The Kier molecular flexibility index (Phi) is 20.6. The van der Waals surface area contributed by atoms with Crippen molar-refractivity contribution in [3.63, 3.8) is 0 Å². The molecular formula is C75H54O47. The number of carbonyl (C=O) groups is 9. The lowest BCUT2D eigenvalue weighted by Gasteiger charge is -2.44. The van der Waals surface area contributed by atoms with Crippen LogP contribution >= 0.6 is 0 Å². The lowest BCUT2D eigenvalue weighted by atomic mass is 9.73. The molecule has 28 N–H and O–H groups in total. The van der Waals surface area contributed by atoms with E-state index in [9.17, 15) is 167 Å². The van der Waals surface area contributed by atoms with Gasteiger partial charge in [0.1, 0.15) is 25.4 Å². The number of cyclic esters (lactones) is 3. The van der Waals surface area contributed by atoms with Gasteiger partial charge in [0, 0.05) is 33.4 Å². The molecular weight excluding hydrogens is 1650 g/mol. The lowest BCUT2D eigenvalue weighted by Crippen LogP contribution is -2.63. The minimum absolute atomic E-state index is 0.0831. The molecule has 9 aromatic carbocycles. The fourth-order valence-electron chi connectivity index (χ4n) is 13.6. The summed E-state index contributed by atoms with van der Waals surface area (Å²) in [5.41, 5.74) is -20.0. The summed E-state index contributed by atoms with van der Waals surface area (Å²) in [6, 6.07) is 3.84. The van der Waals surface area contributed by atoms with Crippen LogP contribution in [0, 0.1) is 0 Å². The molecule has 47 heteroatoms. The summed E-state index contributed by atoms with van der Waals surface area (Å²) in [5.74, 6) is -62.4. The Balaban J connectivity index is 1.02. The molecule has 0 unspecified atom stereocenters. The molecule has 0 spiro atoms. The molecule has 122 heavy (non-hydrogen) atoms. The third kappa shape index (κ3) is 13.9. The van der Waals surface area contributed by atoms with Crippen molar-refractivity contribution >= 4 is 53.7 Å². The maximum absolute atomic E-state index is 15.8. The van der Waals surface area contributed by atoms with Crippen LogP contribution in [0.5, 0.6) is 155 Å². The first-order valence-corrected chi connectivity index (χ1v) is 33.9. The van der Waals surface area contributed by atoms with E-state index in [0.717, 1.165) is 0 Å². The number of phenolic OH excluding ortho intramolecular Hbond substituents is 27. The Hall–Kier alpha value is -17.3. The van der Waals surface area contributed by atoms with Crippen LogP contribution in [0.15, 0.2) is 72.8 Å². The van der Waals surface area contributed by atoms with Crippen LogP contribution in [0.3, 0.4) is 0 Å². The number of phenols is 27. The molecule has 4 aliphatic rings. The van der Waals surface area contributed by atoms with E-state index in [4.69, 9.17) is 47.4 Å². The van der Waals surface area contributed by atoms with Gasteiger partial charge in [-0.1, -0.05) is 0 Å². The molecule has 0 radical (unpaired) electrons. The van der Waals surface area contributed by atoms with Gasteiger partial charge in [0.2, 0.25) is 41.1 Å². The van der Waals surface area contributed by atoms with Crippen LogP contribution in [0.2, 0.25) is 0 Å². The molecule has 47 nitrogen and oxygen atoms in total. The zero-order valence-electron chi connectivity index (χ0n) is 59.9. The average Bonchev–Trinajstić information content (AvgIpc) is 0.705. The first kappa shape index (κ1) is 82.7. The quantitative estimate of drug-likeness (QED) is 0.0448. The molecule has 10 atom stereocenters. The number of aliphatic hydroxyl groups excluding tert-OH is 1. The number of rotatable bonds is 13. The van der Waals surface area contributed by atoms with E-state index in [2.05, 4.69) is 0 Å². The highest BCUT2D eigenvalue weighted by Crippen LogP contribution is 2.62. The molecule has 13 rings (SSSR count). The predicted octanol–water partition coefficient (Wildman–Crippen LogP) is 2.45. The van der Waals surface area contributed by atoms with Crippen LogP contribution < -0.4 is 0 Å². The van der Waals surface area contributed by atoms with Gasteiger partial charge in [-0.15, -0.1) is 0 Å². The Bertz CT molecular complexity index is 5990. The fraction of sp³-hybridized carbons (Fsp3) is 0.160. The monoisotopic (exact) mass is 1710 g/mol. The van der Waals surface area contributed by atoms with Gasteiger partial charge in [-0.25, -0.2) is 43.2 Å². The number of hydrogen-bond donors (Lipinski definition) is 28. The van der Waals surface area contributed by atoms with Gasteiger partial charge in [-0.3, -0.25) is 0 Å². The van der Waals surface area contributed by atoms with E-state index < -0.39 is 367 Å². The minimum atomic E-state index is -3.25. The molecule has 0 aliphatic carbocycles. The number of carbonyl (C=O) groups excluding carboxylic acids is 9. The van der Waals surface area contributed by atoms with Crippen molar-refractivity contribution in [2.24, 2.45) is 0 Å². The normalized spacial score (nSPS) is 19.7. The molecule has 9 aromatic rings. The van der Waals surface area contributed by atoms with Gasteiger partial charge >= 0.3 is 53.7 Å². The summed E-state index contributed by atoms with van der Waals surface area (Å²) in [4.78, 5) is 134. The molecule has 636 valence electrons. The number of aliphatic hydroxyl groups is 1. The van der Waals surface area contributed by atoms with Crippen molar-refractivity contribution in [3.05, 3.63) is 134 Å². The van der Waals surface area contributed by atoms with Crippen LogP contribution in [-0.2, 0) is 47.4 Å². The van der Waals surface area contributed by atoms with Crippen LogP contribution in [0.1, 0.15) is 110 Å². The van der Waals surface area contributed by atoms with Crippen molar-refractivity contribution < 1.29 is 234 Å². The second kappa shape index (κ2) is 30.4. The molecule has 0 saturated carbocycles. The Morgan fingerprint density at radius 2 is 0.631 bits per heavy atom. The standard InChI is InChI=1S/C75H54O47/c76-23-1-15(2-24(77)45(23)89)66(104)117-61-36(115-75(122-69(107)18-7-29(82)48(92)30(83)8-18)65(121-68(106)17-5-27(80)47(91)28(81)6-17)64(61)119-67(105)16-3-25(78)46(90)26(79)4-16)14-114-71(109)20-10-32(85)52(96)56(100)40(20)43-42-44-41(57(101)59(103)58(42)102)39-22(12-34(87)51(95)55(39)99)73(111)120-63(62(43)118-74(44)112)60-35(88)13-113-70(108)19-9-31(84)49(93)53(97)37(19)38-21(72(110)116-60)11-33(86)50(94)54(38)98/h1-12,35-36,43,60-65,75-103H,13-14H2/t35-,36-,43-,60+,61-,62-,63-,64+,65-,75+/m1/s1. The predicted molar refractivity (Wildman–Crippen MR) is 379 cm³/mol. The van der Waals surface area contributed by atoms with Crippen molar-refractivity contribution in [1.29, 1.82) is 0 Å². The summed E-state index contributed by atoms with van der Waals surface area (Å²) in [7, 11) is 0. The first-order valence-electron chi connectivity index (χ1n) is 33.9. The molecule has 0 amide bonds. The number of ether oxygens (including phenoxy) is 10. The number of fused-ring (bicyclic) bond motifs is 7. The zero-order chi connectivity index (χ0) is 89.2. The first-order chi connectivity index (χ1) is 57.3. The minimum Gasteiger partial charge on any atom is -0.504 e. The second-order valence-electron chi connectivity index (χ2n) is 26.7. The van der Waals surface area contributed by atoms with E-state index in [0.29, 0.717) is 54.6 Å². The highest BCUT2D eigenvalue weighted by atomic mass is 16.8. The zero-order valence-corrected chi connectivity index (χ0v) is 59.9. The summed E-state index contributed by atoms with van der Waals surface area (Å²) in [6.45, 7) is -3.62. The van der Waals surface area contributed by atoms with E-state index in [1.54, 1.807) is 0 Å². The lowest BCUT2D eigenvalue weighted by molar-refractivity contribution is -0.282. The van der Waals surface area contributed by atoms with Crippen molar-refractivity contribution in [3.8, 4) is 177 Å². The van der Waals surface area contributed by atoms with Crippen molar-refractivity contribution in [2.45, 2.75) is 61.0 Å².